The van der Waals surface area contributed by atoms with Crippen LogP contribution in [0, 0.1) is 46.3 Å². The summed E-state index contributed by atoms with van der Waals surface area (Å²) >= 11 is 0. The van der Waals surface area contributed by atoms with Gasteiger partial charge in [-0.15, -0.1) is 5.10 Å². The second-order valence-corrected chi connectivity index (χ2v) is 13.6. The van der Waals surface area contributed by atoms with E-state index in [9.17, 15) is 9.90 Å². The van der Waals surface area contributed by atoms with E-state index in [0.29, 0.717) is 22.4 Å². The van der Waals surface area contributed by atoms with Crippen LogP contribution in [0.15, 0.2) is 6.20 Å². The van der Waals surface area contributed by atoms with Crippen LogP contribution in [0.4, 0.5) is 0 Å². The molecule has 202 valence electrons. The molecule has 10 atom stereocenters. The number of carboxylic acids is 1. The molecule has 4 N–H and O–H groups in total. The number of aliphatic hydroxyl groups excluding tert-OH is 1. The minimum Gasteiger partial charge on any atom is -0.480 e. The van der Waals surface area contributed by atoms with Crippen molar-refractivity contribution in [2.45, 2.75) is 117 Å². The lowest BCUT2D eigenvalue weighted by Gasteiger charge is -2.61. The van der Waals surface area contributed by atoms with Crippen molar-refractivity contribution in [1.29, 1.82) is 0 Å². The highest BCUT2D eigenvalue weighted by Crippen LogP contribution is 2.68. The van der Waals surface area contributed by atoms with Crippen LogP contribution < -0.4 is 5.73 Å². The largest absolute Gasteiger partial charge is 0.480 e. The van der Waals surface area contributed by atoms with Crippen molar-refractivity contribution in [3.8, 4) is 0 Å². The minimum absolute atomic E-state index is 0.0587. The molecule has 0 bridgehead atoms. The van der Waals surface area contributed by atoms with E-state index in [0.717, 1.165) is 55.4 Å². The highest BCUT2D eigenvalue weighted by molar-refractivity contribution is 5.73. The Kier molecular flexibility index (Phi) is 7.27. The molecular weight excluding hydrogens is 452 g/mol. The molecule has 36 heavy (non-hydrogen) atoms. The number of hydrogen-bond donors (Lipinski definition) is 3. The average molecular weight is 501 g/mol. The zero-order chi connectivity index (χ0) is 25.7. The number of carbonyl (C=O) groups is 1. The molecule has 1 aromatic rings. The third-order valence-electron chi connectivity index (χ3n) is 11.8. The number of nitrogens with two attached hydrogens (primary N) is 1. The van der Waals surface area contributed by atoms with Gasteiger partial charge in [0.25, 0.3) is 0 Å². The first-order chi connectivity index (χ1) is 17.1. The van der Waals surface area contributed by atoms with Crippen LogP contribution in [0.3, 0.4) is 0 Å². The summed E-state index contributed by atoms with van der Waals surface area (Å²) in [6.45, 7) is 8.52. The van der Waals surface area contributed by atoms with Crippen LogP contribution >= 0.6 is 0 Å². The maximum atomic E-state index is 11.0. The van der Waals surface area contributed by atoms with Crippen molar-refractivity contribution in [1.82, 2.24) is 15.0 Å². The Balaban J connectivity index is 1.17. The molecule has 0 spiro atoms. The van der Waals surface area contributed by atoms with Gasteiger partial charge in [-0.25, -0.2) is 0 Å². The van der Waals surface area contributed by atoms with E-state index < -0.39 is 12.0 Å². The molecule has 4 aliphatic carbocycles. The van der Waals surface area contributed by atoms with Gasteiger partial charge in [0.15, 0.2) is 0 Å². The number of aliphatic hydroxyl groups is 1. The summed E-state index contributed by atoms with van der Waals surface area (Å²) < 4.78 is 1.85. The Bertz CT molecular complexity index is 935. The first-order valence-corrected chi connectivity index (χ1v) is 14.7. The lowest BCUT2D eigenvalue weighted by molar-refractivity contribution is -0.138. The number of aliphatic carboxylic acids is 1. The van der Waals surface area contributed by atoms with Crippen LogP contribution in [-0.4, -0.2) is 43.3 Å². The average Bonchev–Trinajstić information content (AvgIpc) is 3.42. The van der Waals surface area contributed by atoms with Crippen molar-refractivity contribution < 1.29 is 15.0 Å². The van der Waals surface area contributed by atoms with Gasteiger partial charge >= 0.3 is 5.97 Å². The first kappa shape index (κ1) is 26.1. The number of hydrogen-bond acceptors (Lipinski definition) is 5. The number of nitrogens with zero attached hydrogens (tertiary/aromatic N) is 3. The van der Waals surface area contributed by atoms with E-state index in [-0.39, 0.29) is 12.5 Å². The number of aromatic nitrogens is 3. The van der Waals surface area contributed by atoms with Crippen molar-refractivity contribution in [3.63, 3.8) is 0 Å². The van der Waals surface area contributed by atoms with E-state index in [1.807, 2.05) is 10.9 Å². The van der Waals surface area contributed by atoms with Crippen molar-refractivity contribution in [2.24, 2.45) is 52.1 Å². The summed E-state index contributed by atoms with van der Waals surface area (Å²) in [6, 6.07) is -0.927. The zero-order valence-corrected chi connectivity index (χ0v) is 22.6. The van der Waals surface area contributed by atoms with Gasteiger partial charge in [-0.2, -0.15) is 0 Å². The lowest BCUT2D eigenvalue weighted by atomic mass is 9.44. The van der Waals surface area contributed by atoms with Crippen LogP contribution in [-0.2, 0) is 17.8 Å². The lowest BCUT2D eigenvalue weighted by Crippen LogP contribution is -2.54. The van der Waals surface area contributed by atoms with E-state index in [2.05, 4.69) is 31.1 Å². The Morgan fingerprint density at radius 3 is 2.67 bits per heavy atom. The Morgan fingerprint density at radius 2 is 1.89 bits per heavy atom. The molecule has 4 saturated carbocycles. The molecular formula is C29H48N4O3. The number of aryl methyl sites for hydroxylation is 1. The fourth-order valence-corrected chi connectivity index (χ4v) is 9.84. The Morgan fingerprint density at radius 1 is 1.14 bits per heavy atom. The minimum atomic E-state index is -1.00. The van der Waals surface area contributed by atoms with E-state index >= 15 is 0 Å². The van der Waals surface area contributed by atoms with Gasteiger partial charge in [-0.1, -0.05) is 26.0 Å². The quantitative estimate of drug-likeness (QED) is 0.478. The highest BCUT2D eigenvalue weighted by atomic mass is 16.4. The smallest absolute Gasteiger partial charge is 0.320 e. The second-order valence-electron chi connectivity index (χ2n) is 13.6. The van der Waals surface area contributed by atoms with E-state index in [4.69, 9.17) is 10.8 Å². The molecule has 0 aliphatic heterocycles. The molecule has 0 aromatic carbocycles. The fraction of sp³-hybridized carbons (Fsp3) is 0.897. The molecule has 4 aliphatic rings. The summed E-state index contributed by atoms with van der Waals surface area (Å²) in [5, 5.41) is 27.6. The predicted octanol–water partition coefficient (Wildman–Crippen LogP) is 4.67. The SMILES string of the molecule is C[C@H](CCCn1cc(CC(N)C(=O)O)nn1)[C@H]1CC[C@H]2[C@@H]3CC[C@@H]4C[C@H](O)CC[C@]4(C)[C@H]3CC[C@]12C. The predicted molar refractivity (Wildman–Crippen MR) is 139 cm³/mol. The molecule has 5 rings (SSSR count). The van der Waals surface area contributed by atoms with Gasteiger partial charge in [0, 0.05) is 19.2 Å². The van der Waals surface area contributed by atoms with E-state index in [1.165, 1.54) is 51.4 Å². The van der Waals surface area contributed by atoms with Gasteiger partial charge in [0.2, 0.25) is 0 Å². The van der Waals surface area contributed by atoms with Gasteiger partial charge in [-0.3, -0.25) is 9.48 Å². The summed E-state index contributed by atoms with van der Waals surface area (Å²) in [4.78, 5) is 11.0. The van der Waals surface area contributed by atoms with Crippen molar-refractivity contribution >= 4 is 5.97 Å². The third kappa shape index (κ3) is 4.63. The molecule has 4 fully saturated rings. The molecule has 0 amide bonds. The monoisotopic (exact) mass is 500 g/mol. The van der Waals surface area contributed by atoms with Crippen molar-refractivity contribution in [2.75, 3.05) is 0 Å². The Labute approximate surface area is 216 Å². The zero-order valence-electron chi connectivity index (χ0n) is 22.6. The number of carboxylic acid groups (broad SMARTS) is 1. The van der Waals surface area contributed by atoms with Gasteiger partial charge in [-0.05, 0) is 117 Å². The second kappa shape index (κ2) is 10.0. The molecule has 1 unspecified atom stereocenters. The van der Waals surface area contributed by atoms with Gasteiger partial charge < -0.3 is 15.9 Å². The maximum absolute atomic E-state index is 11.0. The topological polar surface area (TPSA) is 114 Å². The number of rotatable bonds is 8. The van der Waals surface area contributed by atoms with E-state index in [1.54, 1.807) is 0 Å². The van der Waals surface area contributed by atoms with Gasteiger partial charge in [0.05, 0.1) is 11.8 Å². The van der Waals surface area contributed by atoms with Crippen LogP contribution in [0.5, 0.6) is 0 Å². The normalized spacial score (nSPS) is 41.7. The standard InChI is InChI=1S/C29H48N4O3/c1-18(5-4-14-33-17-20(31-32-33)16-26(30)27(35)36)23-8-9-24-22-7-6-19-15-21(34)10-12-28(19,2)25(22)11-13-29(23,24)3/h17-19,21-26,34H,4-16,30H2,1-3H3,(H,35,36)/t18-,19-,21-,22+,23-,24+,25+,26?,28+,29-/m1/s1. The molecule has 1 aromatic heterocycles. The maximum Gasteiger partial charge on any atom is 0.320 e. The van der Waals surface area contributed by atoms with Gasteiger partial charge in [0.1, 0.15) is 6.04 Å². The highest BCUT2D eigenvalue weighted by Gasteiger charge is 2.60. The van der Waals surface area contributed by atoms with Crippen LogP contribution in [0.2, 0.25) is 0 Å². The molecule has 7 heteroatoms. The Hall–Kier alpha value is -1.47. The molecule has 7 nitrogen and oxygen atoms in total. The summed E-state index contributed by atoms with van der Waals surface area (Å²) in [5.41, 5.74) is 7.22. The van der Waals surface area contributed by atoms with Crippen LogP contribution in [0.25, 0.3) is 0 Å². The summed E-state index contributed by atoms with van der Waals surface area (Å²) in [7, 11) is 0. The van der Waals surface area contributed by atoms with Crippen molar-refractivity contribution in [3.05, 3.63) is 11.9 Å². The summed E-state index contributed by atoms with van der Waals surface area (Å²) in [6.07, 6.45) is 15.8. The third-order valence-corrected chi connectivity index (χ3v) is 11.8. The molecule has 0 saturated heterocycles. The number of fused-ring (bicyclic) bond motifs is 5. The van der Waals surface area contributed by atoms with Crippen LogP contribution in [0.1, 0.15) is 97.1 Å². The fourth-order valence-electron chi connectivity index (χ4n) is 9.84. The molecule has 0 radical (unpaired) electrons. The first-order valence-electron chi connectivity index (χ1n) is 14.7. The summed E-state index contributed by atoms with van der Waals surface area (Å²) in [5.74, 6) is 3.88. The molecule has 1 heterocycles.